The normalized spacial score (nSPS) is 13.4. The summed E-state index contributed by atoms with van der Waals surface area (Å²) in [5, 5.41) is 10.3. The van der Waals surface area contributed by atoms with E-state index in [1.165, 1.54) is 0 Å². The highest BCUT2D eigenvalue weighted by atomic mass is 19.4. The van der Waals surface area contributed by atoms with E-state index in [-0.39, 0.29) is 18.2 Å². The summed E-state index contributed by atoms with van der Waals surface area (Å²) in [6.45, 7) is 0. The van der Waals surface area contributed by atoms with Crippen molar-refractivity contribution in [1.29, 1.82) is 0 Å². The zero-order valence-electron chi connectivity index (χ0n) is 31.7. The van der Waals surface area contributed by atoms with Gasteiger partial charge in [-0.05, 0) is 78.4 Å². The Morgan fingerprint density at radius 2 is 0.559 bits per heavy atom. The molecule has 0 heterocycles. The molecule has 1 N–H and O–H groups in total. The summed E-state index contributed by atoms with van der Waals surface area (Å²) >= 11 is 0. The minimum atomic E-state index is -5.91. The van der Waals surface area contributed by atoms with Crippen LogP contribution in [0.3, 0.4) is 0 Å². The Morgan fingerprint density at radius 1 is 0.324 bits per heavy atom. The quantitative estimate of drug-likeness (QED) is 0.157. The van der Waals surface area contributed by atoms with Gasteiger partial charge in [-0.2, -0.15) is 105 Å². The third kappa shape index (κ3) is 12.1. The maximum absolute atomic E-state index is 14.1. The monoisotopic (exact) mass is 1020 g/mol. The second-order valence-electron chi connectivity index (χ2n) is 13.6. The highest BCUT2D eigenvalue weighted by Gasteiger charge is 2.43. The number of carboxylic acid groups (broad SMARTS) is 1. The third-order valence-electron chi connectivity index (χ3n) is 8.66. The summed E-state index contributed by atoms with van der Waals surface area (Å²) < 4.78 is 351. The molecule has 0 bridgehead atoms. The first-order chi connectivity index (χ1) is 30.5. The first kappa shape index (κ1) is 52.3. The van der Waals surface area contributed by atoms with Crippen molar-refractivity contribution in [3.63, 3.8) is 0 Å². The molecule has 0 aliphatic heterocycles. The number of carbonyl (C=O) groups is 1. The van der Waals surface area contributed by atoms with Gasteiger partial charge in [0.25, 0.3) is 0 Å². The summed E-state index contributed by atoms with van der Waals surface area (Å²) in [7, 11) is 0. The molecule has 29 heteroatoms. The highest BCUT2D eigenvalue weighted by molar-refractivity contribution is 6.00. The Bertz CT molecular complexity index is 2600. The van der Waals surface area contributed by atoms with E-state index in [4.69, 9.17) is 14.2 Å². The zero-order valence-corrected chi connectivity index (χ0v) is 31.7. The van der Waals surface area contributed by atoms with Gasteiger partial charge in [0.05, 0.1) is 50.1 Å². The Balaban J connectivity index is 2.09. The standard InChI is InChI=1S/C39H14F24O5/c40-32(41,42)15-1-14(2-16(3-15)33(43,44)45)28-26(31(64)65)13-27(66-23-7-17(34(46,47)48)4-18(8-23)35(49,50)51)29(67-24-9-19(36(52,53)54)5-20(10-24)37(55,56)57)30(28)68-25-11-21(38(58,59)60)6-22(12-25)39(61,62)63/h1-13H,(H,64,65). The smallest absolute Gasteiger partial charge is 0.416 e. The van der Waals surface area contributed by atoms with E-state index in [0.717, 1.165) is 0 Å². The van der Waals surface area contributed by atoms with Gasteiger partial charge in [0.1, 0.15) is 17.2 Å². The number of hydrogen-bond acceptors (Lipinski definition) is 4. The lowest BCUT2D eigenvalue weighted by Gasteiger charge is -2.24. The van der Waals surface area contributed by atoms with Crippen LogP contribution in [0.25, 0.3) is 11.1 Å². The minimum Gasteiger partial charge on any atom is -0.478 e. The molecule has 0 unspecified atom stereocenters. The lowest BCUT2D eigenvalue weighted by atomic mass is 9.93. The second kappa shape index (κ2) is 17.1. The van der Waals surface area contributed by atoms with E-state index in [1.807, 2.05) is 0 Å². The van der Waals surface area contributed by atoms with Gasteiger partial charge in [0, 0.05) is 11.6 Å². The van der Waals surface area contributed by atoms with Crippen molar-refractivity contribution < 1.29 is 129 Å². The predicted molar refractivity (Wildman–Crippen MR) is 178 cm³/mol. The average molecular weight is 1020 g/mol. The van der Waals surface area contributed by atoms with Crippen molar-refractivity contribution in [3.05, 3.63) is 129 Å². The lowest BCUT2D eigenvalue weighted by Crippen LogP contribution is -2.13. The van der Waals surface area contributed by atoms with Gasteiger partial charge in [-0.25, -0.2) is 4.79 Å². The Morgan fingerprint density at radius 3 is 0.809 bits per heavy atom. The maximum atomic E-state index is 14.1. The van der Waals surface area contributed by atoms with Crippen LogP contribution in [0.2, 0.25) is 0 Å². The van der Waals surface area contributed by atoms with E-state index in [2.05, 4.69) is 0 Å². The molecule has 5 rings (SSSR count). The number of rotatable bonds is 8. The van der Waals surface area contributed by atoms with Gasteiger partial charge in [0.2, 0.25) is 5.75 Å². The highest BCUT2D eigenvalue weighted by Crippen LogP contribution is 2.55. The molecule has 0 saturated carbocycles. The van der Waals surface area contributed by atoms with E-state index in [9.17, 15) is 115 Å². The summed E-state index contributed by atoms with van der Waals surface area (Å²) in [6, 6.07) is -6.02. The topological polar surface area (TPSA) is 65.0 Å². The predicted octanol–water partition coefficient (Wildman–Crippen LogP) is 16.6. The van der Waals surface area contributed by atoms with Gasteiger partial charge < -0.3 is 19.3 Å². The van der Waals surface area contributed by atoms with Crippen molar-refractivity contribution in [2.45, 2.75) is 49.4 Å². The fraction of sp³-hybridized carbons (Fsp3) is 0.205. The molecule has 0 fully saturated rings. The fourth-order valence-corrected chi connectivity index (χ4v) is 5.76. The van der Waals surface area contributed by atoms with Gasteiger partial charge in [0.15, 0.2) is 11.5 Å². The number of halogens is 24. The molecule has 0 aromatic heterocycles. The molecule has 0 aliphatic carbocycles. The lowest BCUT2D eigenvalue weighted by molar-refractivity contribution is -0.144. The Kier molecular flexibility index (Phi) is 13.2. The fourth-order valence-electron chi connectivity index (χ4n) is 5.76. The molecule has 0 aliphatic rings. The SMILES string of the molecule is O=C(O)c1cc(Oc2cc(C(F)(F)F)cc(C(F)(F)F)c2)c(Oc2cc(C(F)(F)F)cc(C(F)(F)F)c2)c(Oc2cc(C(F)(F)F)cc(C(F)(F)F)c2)c1-c1cc(C(F)(F)F)cc(C(F)(F)F)c1. The molecule has 5 nitrogen and oxygen atoms in total. The number of ether oxygens (including phenoxy) is 3. The van der Waals surface area contributed by atoms with Crippen LogP contribution in [-0.4, -0.2) is 11.1 Å². The number of carboxylic acids is 1. The van der Waals surface area contributed by atoms with Crippen LogP contribution in [0.1, 0.15) is 54.9 Å². The van der Waals surface area contributed by atoms with E-state index < -0.39 is 212 Å². The maximum Gasteiger partial charge on any atom is 0.416 e. The van der Waals surface area contributed by atoms with Crippen molar-refractivity contribution in [3.8, 4) is 45.6 Å². The molecular formula is C39H14F24O5. The van der Waals surface area contributed by atoms with Crippen LogP contribution in [0.15, 0.2) is 78.9 Å². The molecular weight excluding hydrogens is 1000 g/mol. The summed E-state index contributed by atoms with van der Waals surface area (Å²) in [4.78, 5) is 12.8. The first-order valence-corrected chi connectivity index (χ1v) is 17.2. The van der Waals surface area contributed by atoms with Crippen LogP contribution < -0.4 is 14.2 Å². The molecule has 0 atom stereocenters. The van der Waals surface area contributed by atoms with Crippen molar-refractivity contribution >= 4 is 5.97 Å². The Labute approximate surface area is 359 Å². The van der Waals surface area contributed by atoms with E-state index in [0.29, 0.717) is 0 Å². The number of aromatic carboxylic acids is 1. The van der Waals surface area contributed by atoms with Crippen LogP contribution in [0.5, 0.6) is 34.5 Å². The van der Waals surface area contributed by atoms with E-state index in [1.54, 1.807) is 0 Å². The number of hydrogen-bond donors (Lipinski definition) is 1. The molecule has 0 saturated heterocycles. The molecule has 5 aromatic carbocycles. The van der Waals surface area contributed by atoms with Crippen molar-refractivity contribution in [1.82, 2.24) is 0 Å². The number of benzene rings is 5. The van der Waals surface area contributed by atoms with Crippen molar-refractivity contribution in [2.24, 2.45) is 0 Å². The summed E-state index contributed by atoms with van der Waals surface area (Å²) in [5.74, 6) is -14.7. The molecule has 5 aromatic rings. The largest absolute Gasteiger partial charge is 0.478 e. The second-order valence-corrected chi connectivity index (χ2v) is 13.6. The minimum absolute atomic E-state index is 0.285. The Hall–Kier alpha value is -6.71. The van der Waals surface area contributed by atoms with Gasteiger partial charge in [-0.3, -0.25) is 0 Å². The van der Waals surface area contributed by atoms with Gasteiger partial charge in [-0.15, -0.1) is 0 Å². The zero-order chi connectivity index (χ0) is 51.7. The summed E-state index contributed by atoms with van der Waals surface area (Å²) in [6.07, 6.45) is -46.8. The van der Waals surface area contributed by atoms with Gasteiger partial charge >= 0.3 is 55.4 Å². The first-order valence-electron chi connectivity index (χ1n) is 17.2. The van der Waals surface area contributed by atoms with Crippen LogP contribution >= 0.6 is 0 Å². The molecule has 0 radical (unpaired) electrons. The van der Waals surface area contributed by atoms with Crippen LogP contribution in [0.4, 0.5) is 105 Å². The van der Waals surface area contributed by atoms with E-state index >= 15 is 0 Å². The molecule has 368 valence electrons. The molecule has 0 amide bonds. The number of alkyl halides is 24. The van der Waals surface area contributed by atoms with Crippen molar-refractivity contribution in [2.75, 3.05) is 0 Å². The van der Waals surface area contributed by atoms with Gasteiger partial charge in [-0.1, -0.05) is 0 Å². The average Bonchev–Trinajstić information content (AvgIpc) is 3.15. The third-order valence-corrected chi connectivity index (χ3v) is 8.66. The summed E-state index contributed by atoms with van der Waals surface area (Å²) in [5.41, 5.74) is -24.6. The molecule has 0 spiro atoms. The van der Waals surface area contributed by atoms with Crippen LogP contribution in [0, 0.1) is 0 Å². The molecule has 68 heavy (non-hydrogen) atoms. The van der Waals surface area contributed by atoms with Crippen LogP contribution in [-0.2, 0) is 49.4 Å².